The van der Waals surface area contributed by atoms with E-state index in [1.165, 1.54) is 24.5 Å². The molecular weight excluding hydrogens is 210 g/mol. The molecule has 80 valence electrons. The molecule has 0 aliphatic carbocycles. The smallest absolute Gasteiger partial charge is 0.423 e. The van der Waals surface area contributed by atoms with Gasteiger partial charge in [-0.15, -0.1) is 0 Å². The van der Waals surface area contributed by atoms with Crippen LogP contribution in [-0.4, -0.2) is 27.1 Å². The molecule has 1 heterocycles. The molecule has 0 aliphatic heterocycles. The second-order valence-corrected chi connectivity index (χ2v) is 3.22. The summed E-state index contributed by atoms with van der Waals surface area (Å²) in [6.07, 6.45) is 2.58. The van der Waals surface area contributed by atoms with Crippen molar-refractivity contribution in [2.75, 3.05) is 0 Å². The highest BCUT2D eigenvalue weighted by molar-refractivity contribution is 6.58. The molecule has 6 heteroatoms. The summed E-state index contributed by atoms with van der Waals surface area (Å²) in [6, 6.07) is 5.87. The van der Waals surface area contributed by atoms with Crippen molar-refractivity contribution in [2.45, 2.75) is 0 Å². The molecule has 0 unspecified atom stereocenters. The first-order valence-corrected chi connectivity index (χ1v) is 4.61. The maximum Gasteiger partial charge on any atom is 0.491 e. The van der Waals surface area contributed by atoms with Gasteiger partial charge in [-0.3, -0.25) is 0 Å². The summed E-state index contributed by atoms with van der Waals surface area (Å²) >= 11 is 0. The summed E-state index contributed by atoms with van der Waals surface area (Å²) in [5.41, 5.74) is 0.735. The summed E-state index contributed by atoms with van der Waals surface area (Å²) in [6.45, 7) is 0. The first-order chi connectivity index (χ1) is 7.66. The predicted octanol–water partition coefficient (Wildman–Crippen LogP) is -0.0375. The van der Waals surface area contributed by atoms with E-state index in [0.717, 1.165) is 0 Å². The van der Waals surface area contributed by atoms with E-state index in [2.05, 4.69) is 9.97 Å². The highest BCUT2D eigenvalue weighted by atomic mass is 19.1. The lowest BCUT2D eigenvalue weighted by Crippen LogP contribution is -2.30. The van der Waals surface area contributed by atoms with Gasteiger partial charge in [-0.25, -0.2) is 14.4 Å². The zero-order valence-corrected chi connectivity index (χ0v) is 8.21. The number of rotatable bonds is 2. The third-order valence-corrected chi connectivity index (χ3v) is 2.05. The van der Waals surface area contributed by atoms with Crippen molar-refractivity contribution < 1.29 is 14.4 Å². The number of benzene rings is 1. The van der Waals surface area contributed by atoms with Gasteiger partial charge in [0.25, 0.3) is 0 Å². The van der Waals surface area contributed by atoms with Crippen molar-refractivity contribution in [3.63, 3.8) is 0 Å². The molecule has 1 aromatic heterocycles. The molecule has 0 fully saturated rings. The summed E-state index contributed by atoms with van der Waals surface area (Å²) in [5, 5.41) is 17.7. The molecule has 0 saturated heterocycles. The maximum absolute atomic E-state index is 12.9. The minimum Gasteiger partial charge on any atom is -0.423 e. The fourth-order valence-corrected chi connectivity index (χ4v) is 1.25. The molecule has 0 saturated carbocycles. The van der Waals surface area contributed by atoms with Crippen LogP contribution in [0, 0.1) is 5.82 Å². The average Bonchev–Trinajstić information content (AvgIpc) is 2.29. The van der Waals surface area contributed by atoms with Crippen molar-refractivity contribution in [2.24, 2.45) is 0 Å². The summed E-state index contributed by atoms with van der Waals surface area (Å²) in [5.74, 6) is -0.0312. The lowest BCUT2D eigenvalue weighted by Gasteiger charge is -2.01. The Balaban J connectivity index is 2.35. The molecule has 0 aliphatic rings. The van der Waals surface area contributed by atoms with Gasteiger partial charge in [-0.2, -0.15) is 0 Å². The molecule has 0 radical (unpaired) electrons. The lowest BCUT2D eigenvalue weighted by molar-refractivity contribution is 0.425. The second-order valence-electron chi connectivity index (χ2n) is 3.22. The zero-order valence-electron chi connectivity index (χ0n) is 8.21. The van der Waals surface area contributed by atoms with E-state index in [0.29, 0.717) is 11.4 Å². The normalized spacial score (nSPS) is 10.2. The molecule has 2 rings (SSSR count). The fraction of sp³-hybridized carbons (Fsp3) is 0. The third-order valence-electron chi connectivity index (χ3n) is 2.05. The standard InChI is InChI=1S/C10H8BFN2O2/c12-9-3-1-2-7(4-9)10-13-5-8(6-14-10)11(15)16/h1-6,15-16H. The first kappa shape index (κ1) is 10.7. The summed E-state index contributed by atoms with van der Waals surface area (Å²) in [4.78, 5) is 7.83. The average molecular weight is 218 g/mol. The van der Waals surface area contributed by atoms with Gasteiger partial charge >= 0.3 is 7.12 Å². The van der Waals surface area contributed by atoms with E-state index in [1.54, 1.807) is 12.1 Å². The van der Waals surface area contributed by atoms with Crippen LogP contribution in [-0.2, 0) is 0 Å². The quantitative estimate of drug-likeness (QED) is 0.694. The minimum absolute atomic E-state index is 0.195. The Morgan fingerprint density at radius 3 is 2.38 bits per heavy atom. The molecule has 0 amide bonds. The van der Waals surface area contributed by atoms with E-state index in [-0.39, 0.29) is 11.3 Å². The van der Waals surface area contributed by atoms with Gasteiger partial charge in [0, 0.05) is 23.4 Å². The minimum atomic E-state index is -1.60. The topological polar surface area (TPSA) is 66.2 Å². The Morgan fingerprint density at radius 1 is 1.12 bits per heavy atom. The van der Waals surface area contributed by atoms with E-state index < -0.39 is 7.12 Å². The Morgan fingerprint density at radius 2 is 1.81 bits per heavy atom. The Hall–Kier alpha value is -1.79. The highest BCUT2D eigenvalue weighted by Crippen LogP contribution is 2.13. The fourth-order valence-electron chi connectivity index (χ4n) is 1.25. The highest BCUT2D eigenvalue weighted by Gasteiger charge is 2.12. The summed E-state index contributed by atoms with van der Waals surface area (Å²) in [7, 11) is -1.60. The summed E-state index contributed by atoms with van der Waals surface area (Å²) < 4.78 is 12.9. The van der Waals surface area contributed by atoms with Crippen molar-refractivity contribution in [1.29, 1.82) is 0 Å². The number of nitrogens with zero attached hydrogens (tertiary/aromatic N) is 2. The largest absolute Gasteiger partial charge is 0.491 e. The molecule has 0 spiro atoms. The monoisotopic (exact) mass is 218 g/mol. The van der Waals surface area contributed by atoms with Crippen LogP contribution in [0.4, 0.5) is 4.39 Å². The van der Waals surface area contributed by atoms with E-state index in [1.807, 2.05) is 0 Å². The lowest BCUT2D eigenvalue weighted by atomic mass is 9.83. The molecule has 0 atom stereocenters. The van der Waals surface area contributed by atoms with Gasteiger partial charge in [0.1, 0.15) is 5.82 Å². The van der Waals surface area contributed by atoms with Crippen molar-refractivity contribution in [3.8, 4) is 11.4 Å². The molecule has 0 bridgehead atoms. The molecule has 2 N–H and O–H groups in total. The zero-order chi connectivity index (χ0) is 11.5. The maximum atomic E-state index is 12.9. The van der Waals surface area contributed by atoms with E-state index in [4.69, 9.17) is 10.0 Å². The van der Waals surface area contributed by atoms with Crippen LogP contribution in [0.1, 0.15) is 0 Å². The van der Waals surface area contributed by atoms with E-state index >= 15 is 0 Å². The number of hydrogen-bond acceptors (Lipinski definition) is 4. The van der Waals surface area contributed by atoms with Gasteiger partial charge in [-0.05, 0) is 12.1 Å². The van der Waals surface area contributed by atoms with Crippen LogP contribution in [0.25, 0.3) is 11.4 Å². The number of halogens is 1. The Bertz CT molecular complexity index is 490. The van der Waals surface area contributed by atoms with Crippen LogP contribution in [0.3, 0.4) is 0 Å². The van der Waals surface area contributed by atoms with E-state index in [9.17, 15) is 4.39 Å². The van der Waals surface area contributed by atoms with Gasteiger partial charge < -0.3 is 10.0 Å². The molecule has 1 aromatic carbocycles. The van der Waals surface area contributed by atoms with Crippen molar-refractivity contribution in [3.05, 3.63) is 42.5 Å². The van der Waals surface area contributed by atoms with Gasteiger partial charge in [0.05, 0.1) is 0 Å². The van der Waals surface area contributed by atoms with Crippen LogP contribution in [0.5, 0.6) is 0 Å². The van der Waals surface area contributed by atoms with Gasteiger partial charge in [-0.1, -0.05) is 12.1 Å². The van der Waals surface area contributed by atoms with Crippen LogP contribution < -0.4 is 5.46 Å². The van der Waals surface area contributed by atoms with Gasteiger partial charge in [0.2, 0.25) is 0 Å². The van der Waals surface area contributed by atoms with Crippen molar-refractivity contribution >= 4 is 12.6 Å². The number of aromatic nitrogens is 2. The van der Waals surface area contributed by atoms with Crippen molar-refractivity contribution in [1.82, 2.24) is 9.97 Å². The van der Waals surface area contributed by atoms with Crippen LogP contribution in [0.15, 0.2) is 36.7 Å². The van der Waals surface area contributed by atoms with Crippen LogP contribution in [0.2, 0.25) is 0 Å². The molecule has 16 heavy (non-hydrogen) atoms. The predicted molar refractivity (Wildman–Crippen MR) is 57.3 cm³/mol. The SMILES string of the molecule is OB(O)c1cnc(-c2cccc(F)c2)nc1. The Labute approximate surface area is 91.6 Å². The first-order valence-electron chi connectivity index (χ1n) is 4.61. The molecule has 4 nitrogen and oxygen atoms in total. The number of hydrogen-bond donors (Lipinski definition) is 2. The third kappa shape index (κ3) is 2.24. The Kier molecular flexibility index (Phi) is 2.94. The van der Waals surface area contributed by atoms with Crippen LogP contribution >= 0.6 is 0 Å². The molecule has 2 aromatic rings. The molecular formula is C10H8BFN2O2. The second kappa shape index (κ2) is 4.38. The van der Waals surface area contributed by atoms with Gasteiger partial charge in [0.15, 0.2) is 5.82 Å².